The van der Waals surface area contributed by atoms with Crippen LogP contribution in [0.4, 0.5) is 11.4 Å². The van der Waals surface area contributed by atoms with E-state index in [1.807, 2.05) is 24.3 Å². The highest BCUT2D eigenvalue weighted by atomic mass is 35.5. The summed E-state index contributed by atoms with van der Waals surface area (Å²) in [5.74, 6) is 0.884. The first-order valence-corrected chi connectivity index (χ1v) is 10.1. The van der Waals surface area contributed by atoms with E-state index in [1.165, 1.54) is 14.2 Å². The molecule has 0 atom stereocenters. The van der Waals surface area contributed by atoms with Crippen LogP contribution in [-0.2, 0) is 4.79 Å². The maximum Gasteiger partial charge on any atom is 0.238 e. The van der Waals surface area contributed by atoms with Gasteiger partial charge in [-0.2, -0.15) is 0 Å². The van der Waals surface area contributed by atoms with Gasteiger partial charge in [-0.25, -0.2) is 0 Å². The van der Waals surface area contributed by atoms with Gasteiger partial charge in [0.15, 0.2) is 5.78 Å². The number of nitrogens with one attached hydrogen (secondary N) is 1. The van der Waals surface area contributed by atoms with Crippen molar-refractivity contribution >= 4 is 34.7 Å². The van der Waals surface area contributed by atoms with Crippen molar-refractivity contribution in [3.8, 4) is 11.5 Å². The normalized spacial score (nSPS) is 14.3. The molecule has 30 heavy (non-hydrogen) atoms. The molecule has 1 heterocycles. The minimum absolute atomic E-state index is 0.0623. The Kier molecular flexibility index (Phi) is 7.18. The zero-order valence-electron chi connectivity index (χ0n) is 17.4. The summed E-state index contributed by atoms with van der Waals surface area (Å²) in [5, 5.41) is 3.30. The summed E-state index contributed by atoms with van der Waals surface area (Å²) in [6.07, 6.45) is 0. The number of halogens is 1. The Morgan fingerprint density at radius 1 is 1.00 bits per heavy atom. The number of Topliss-reactive ketones (excluding diaryl/α,β-unsaturated/α-hetero) is 1. The number of amides is 1. The number of piperazine rings is 1. The predicted octanol–water partition coefficient (Wildman–Crippen LogP) is 3.32. The van der Waals surface area contributed by atoms with Crippen molar-refractivity contribution in [2.45, 2.75) is 6.92 Å². The number of anilines is 2. The Morgan fingerprint density at radius 2 is 1.63 bits per heavy atom. The standard InChI is InChI=1S/C22H26ClN3O4/c1-15(27)16-4-6-17(7-5-16)26-10-8-25(9-11-26)14-22(28)24-19-13-20(29-2)18(23)12-21(19)30-3/h4-7,12-13H,8-11,14H2,1-3H3,(H,24,28). The van der Waals surface area contributed by atoms with Gasteiger partial charge in [-0.1, -0.05) is 11.6 Å². The van der Waals surface area contributed by atoms with Crippen molar-refractivity contribution in [2.75, 3.05) is 57.2 Å². The Balaban J connectivity index is 1.55. The van der Waals surface area contributed by atoms with E-state index < -0.39 is 0 Å². The van der Waals surface area contributed by atoms with Crippen LogP contribution in [0.15, 0.2) is 36.4 Å². The van der Waals surface area contributed by atoms with Crippen molar-refractivity contribution in [3.63, 3.8) is 0 Å². The van der Waals surface area contributed by atoms with Gasteiger partial charge in [-0.15, -0.1) is 0 Å². The molecule has 0 saturated carbocycles. The fourth-order valence-corrected chi connectivity index (χ4v) is 3.65. The van der Waals surface area contributed by atoms with Gasteiger partial charge in [-0.3, -0.25) is 14.5 Å². The first-order chi connectivity index (χ1) is 14.4. The largest absolute Gasteiger partial charge is 0.495 e. The summed E-state index contributed by atoms with van der Waals surface area (Å²) in [7, 11) is 3.04. The summed E-state index contributed by atoms with van der Waals surface area (Å²) >= 11 is 6.11. The summed E-state index contributed by atoms with van der Waals surface area (Å²) in [6, 6.07) is 10.9. The van der Waals surface area contributed by atoms with Crippen LogP contribution in [0.25, 0.3) is 0 Å². The van der Waals surface area contributed by atoms with Gasteiger partial charge in [0, 0.05) is 49.6 Å². The number of carbonyl (C=O) groups excluding carboxylic acids is 2. The maximum atomic E-state index is 12.6. The summed E-state index contributed by atoms with van der Waals surface area (Å²) in [4.78, 5) is 28.3. The minimum atomic E-state index is -0.128. The third kappa shape index (κ3) is 5.23. The monoisotopic (exact) mass is 431 g/mol. The Labute approximate surface area is 181 Å². The van der Waals surface area contributed by atoms with Gasteiger partial charge in [0.1, 0.15) is 11.5 Å². The van der Waals surface area contributed by atoms with Gasteiger partial charge in [0.2, 0.25) is 5.91 Å². The first kappa shape index (κ1) is 21.9. The first-order valence-electron chi connectivity index (χ1n) is 9.71. The number of ketones is 1. The average Bonchev–Trinajstić information content (AvgIpc) is 2.75. The molecule has 1 aliphatic heterocycles. The lowest BCUT2D eigenvalue weighted by atomic mass is 10.1. The molecule has 0 bridgehead atoms. The molecule has 160 valence electrons. The smallest absolute Gasteiger partial charge is 0.238 e. The van der Waals surface area contributed by atoms with Crippen molar-refractivity contribution in [3.05, 3.63) is 47.0 Å². The van der Waals surface area contributed by atoms with E-state index in [0.29, 0.717) is 27.8 Å². The Hall–Kier alpha value is -2.77. The highest BCUT2D eigenvalue weighted by Gasteiger charge is 2.20. The lowest BCUT2D eigenvalue weighted by Crippen LogP contribution is -2.48. The van der Waals surface area contributed by atoms with E-state index in [4.69, 9.17) is 21.1 Å². The van der Waals surface area contributed by atoms with Crippen LogP contribution >= 0.6 is 11.6 Å². The summed E-state index contributed by atoms with van der Waals surface area (Å²) < 4.78 is 10.5. The Bertz CT molecular complexity index is 909. The molecule has 3 rings (SSSR count). The number of nitrogens with zero attached hydrogens (tertiary/aromatic N) is 2. The maximum absolute atomic E-state index is 12.6. The van der Waals surface area contributed by atoms with E-state index in [9.17, 15) is 9.59 Å². The van der Waals surface area contributed by atoms with Crippen LogP contribution in [0, 0.1) is 0 Å². The van der Waals surface area contributed by atoms with E-state index in [-0.39, 0.29) is 18.2 Å². The molecular formula is C22H26ClN3O4. The molecule has 0 spiro atoms. The number of benzene rings is 2. The number of carbonyl (C=O) groups is 2. The van der Waals surface area contributed by atoms with E-state index in [1.54, 1.807) is 19.1 Å². The molecule has 2 aromatic rings. The Morgan fingerprint density at radius 3 is 2.20 bits per heavy atom. The molecule has 7 nitrogen and oxygen atoms in total. The highest BCUT2D eigenvalue weighted by Crippen LogP contribution is 2.35. The van der Waals surface area contributed by atoms with Gasteiger partial charge in [0.05, 0.1) is 31.5 Å². The third-order valence-corrected chi connectivity index (χ3v) is 5.42. The molecule has 1 fully saturated rings. The molecule has 1 N–H and O–H groups in total. The van der Waals surface area contributed by atoms with Gasteiger partial charge < -0.3 is 19.7 Å². The van der Waals surface area contributed by atoms with Crippen LogP contribution in [0.3, 0.4) is 0 Å². The van der Waals surface area contributed by atoms with Crippen LogP contribution in [-0.4, -0.2) is 63.5 Å². The van der Waals surface area contributed by atoms with Crippen LogP contribution in [0.2, 0.25) is 5.02 Å². The molecular weight excluding hydrogens is 406 g/mol. The number of methoxy groups -OCH3 is 2. The second-order valence-corrected chi connectivity index (χ2v) is 7.51. The molecule has 0 aromatic heterocycles. The van der Waals surface area contributed by atoms with Gasteiger partial charge >= 0.3 is 0 Å². The zero-order valence-corrected chi connectivity index (χ0v) is 18.2. The van der Waals surface area contributed by atoms with E-state index >= 15 is 0 Å². The van der Waals surface area contributed by atoms with Crippen molar-refractivity contribution in [2.24, 2.45) is 0 Å². The molecule has 2 aromatic carbocycles. The van der Waals surface area contributed by atoms with E-state index in [0.717, 1.165) is 31.9 Å². The lowest BCUT2D eigenvalue weighted by molar-refractivity contribution is -0.117. The third-order valence-electron chi connectivity index (χ3n) is 5.13. The van der Waals surface area contributed by atoms with Gasteiger partial charge in [0.25, 0.3) is 0 Å². The molecule has 0 radical (unpaired) electrons. The van der Waals surface area contributed by atoms with Crippen molar-refractivity contribution in [1.29, 1.82) is 0 Å². The predicted molar refractivity (Wildman–Crippen MR) is 118 cm³/mol. The molecule has 1 saturated heterocycles. The SMILES string of the molecule is COc1cc(NC(=O)CN2CCN(c3ccc(C(C)=O)cc3)CC2)c(OC)cc1Cl. The van der Waals surface area contributed by atoms with Crippen LogP contribution in [0.5, 0.6) is 11.5 Å². The second-order valence-electron chi connectivity index (χ2n) is 7.10. The number of rotatable bonds is 7. The fourth-order valence-electron chi connectivity index (χ4n) is 3.42. The lowest BCUT2D eigenvalue weighted by Gasteiger charge is -2.35. The highest BCUT2D eigenvalue weighted by molar-refractivity contribution is 6.32. The number of ether oxygens (including phenoxy) is 2. The molecule has 1 amide bonds. The molecule has 0 aliphatic carbocycles. The average molecular weight is 432 g/mol. The minimum Gasteiger partial charge on any atom is -0.495 e. The number of hydrogen-bond acceptors (Lipinski definition) is 6. The topological polar surface area (TPSA) is 71.1 Å². The van der Waals surface area contributed by atoms with Crippen molar-refractivity contribution < 1.29 is 19.1 Å². The summed E-state index contributed by atoms with van der Waals surface area (Å²) in [5.41, 5.74) is 2.32. The zero-order chi connectivity index (χ0) is 21.7. The van der Waals surface area contributed by atoms with Crippen molar-refractivity contribution in [1.82, 2.24) is 4.90 Å². The number of hydrogen-bond donors (Lipinski definition) is 1. The summed E-state index contributed by atoms with van der Waals surface area (Å²) in [6.45, 7) is 5.00. The van der Waals surface area contributed by atoms with Gasteiger partial charge in [-0.05, 0) is 31.2 Å². The van der Waals surface area contributed by atoms with E-state index in [2.05, 4.69) is 15.1 Å². The molecule has 0 unspecified atom stereocenters. The van der Waals surface area contributed by atoms with Crippen LogP contribution in [0.1, 0.15) is 17.3 Å². The quantitative estimate of drug-likeness (QED) is 0.678. The molecule has 1 aliphatic rings. The fraction of sp³-hybridized carbons (Fsp3) is 0.364. The molecule has 8 heteroatoms. The van der Waals surface area contributed by atoms with Crippen LogP contribution < -0.4 is 19.7 Å². The second kappa shape index (κ2) is 9.82.